The van der Waals surface area contributed by atoms with Crippen LogP contribution in [0, 0.1) is 0 Å². The molecule has 0 bridgehead atoms. The highest BCUT2D eigenvalue weighted by Gasteiger charge is 1.99. The molecule has 0 saturated heterocycles. The SMILES string of the molecule is C=CCCC(C)NCCc1cccs1. The third-order valence-electron chi connectivity index (χ3n) is 2.25. The Hall–Kier alpha value is -0.600. The van der Waals surface area contributed by atoms with Gasteiger partial charge in [-0.15, -0.1) is 17.9 Å². The van der Waals surface area contributed by atoms with Crippen LogP contribution in [0.15, 0.2) is 30.2 Å². The van der Waals surface area contributed by atoms with Gasteiger partial charge in [-0.25, -0.2) is 0 Å². The zero-order valence-electron chi connectivity index (χ0n) is 8.83. The van der Waals surface area contributed by atoms with Crippen molar-refractivity contribution in [3.63, 3.8) is 0 Å². The Labute approximate surface area is 90.9 Å². The quantitative estimate of drug-likeness (QED) is 0.680. The Morgan fingerprint density at radius 2 is 2.50 bits per heavy atom. The van der Waals surface area contributed by atoms with E-state index in [0.717, 1.165) is 19.4 Å². The van der Waals surface area contributed by atoms with Gasteiger partial charge in [-0.05, 0) is 37.6 Å². The molecule has 0 aromatic carbocycles. The topological polar surface area (TPSA) is 12.0 Å². The summed E-state index contributed by atoms with van der Waals surface area (Å²) in [7, 11) is 0. The van der Waals surface area contributed by atoms with Crippen LogP contribution in [0.25, 0.3) is 0 Å². The fourth-order valence-electron chi connectivity index (χ4n) is 1.37. The minimum absolute atomic E-state index is 0.605. The van der Waals surface area contributed by atoms with Crippen LogP contribution in [0.3, 0.4) is 0 Å². The molecule has 1 aromatic heterocycles. The normalized spacial score (nSPS) is 12.6. The summed E-state index contributed by atoms with van der Waals surface area (Å²) in [5.41, 5.74) is 0. The lowest BCUT2D eigenvalue weighted by Gasteiger charge is -2.11. The minimum atomic E-state index is 0.605. The average Bonchev–Trinajstić information content (AvgIpc) is 2.67. The molecular weight excluding hydrogens is 190 g/mol. The van der Waals surface area contributed by atoms with Gasteiger partial charge in [0.15, 0.2) is 0 Å². The number of nitrogens with one attached hydrogen (secondary N) is 1. The number of thiophene rings is 1. The van der Waals surface area contributed by atoms with Gasteiger partial charge in [-0.3, -0.25) is 0 Å². The molecule has 0 aliphatic heterocycles. The van der Waals surface area contributed by atoms with E-state index in [1.165, 1.54) is 11.3 Å². The molecule has 0 aliphatic carbocycles. The van der Waals surface area contributed by atoms with Gasteiger partial charge in [0.2, 0.25) is 0 Å². The van der Waals surface area contributed by atoms with E-state index in [0.29, 0.717) is 6.04 Å². The lowest BCUT2D eigenvalue weighted by Crippen LogP contribution is -2.27. The molecule has 1 atom stereocenters. The van der Waals surface area contributed by atoms with Gasteiger partial charge in [0.1, 0.15) is 0 Å². The summed E-state index contributed by atoms with van der Waals surface area (Å²) in [6.07, 6.45) is 5.43. The van der Waals surface area contributed by atoms with Gasteiger partial charge in [-0.1, -0.05) is 12.1 Å². The van der Waals surface area contributed by atoms with Crippen molar-refractivity contribution in [2.45, 2.75) is 32.2 Å². The summed E-state index contributed by atoms with van der Waals surface area (Å²) in [5.74, 6) is 0. The van der Waals surface area contributed by atoms with Crippen molar-refractivity contribution in [3.05, 3.63) is 35.0 Å². The minimum Gasteiger partial charge on any atom is -0.314 e. The highest BCUT2D eigenvalue weighted by molar-refractivity contribution is 7.09. The summed E-state index contributed by atoms with van der Waals surface area (Å²) < 4.78 is 0. The first-order valence-corrected chi connectivity index (χ1v) is 6.07. The zero-order valence-corrected chi connectivity index (χ0v) is 9.65. The van der Waals surface area contributed by atoms with Crippen LogP contribution in [0.1, 0.15) is 24.6 Å². The monoisotopic (exact) mass is 209 g/mol. The maximum absolute atomic E-state index is 3.73. The van der Waals surface area contributed by atoms with Crippen molar-refractivity contribution in [1.29, 1.82) is 0 Å². The van der Waals surface area contributed by atoms with E-state index in [4.69, 9.17) is 0 Å². The smallest absolute Gasteiger partial charge is 0.00578 e. The summed E-state index contributed by atoms with van der Waals surface area (Å²) in [6.45, 7) is 7.04. The molecule has 0 radical (unpaired) electrons. The van der Waals surface area contributed by atoms with E-state index in [-0.39, 0.29) is 0 Å². The molecule has 1 unspecified atom stereocenters. The van der Waals surface area contributed by atoms with Crippen molar-refractivity contribution >= 4 is 11.3 Å². The predicted molar refractivity (Wildman–Crippen MR) is 64.9 cm³/mol. The lowest BCUT2D eigenvalue weighted by atomic mass is 10.2. The molecule has 0 amide bonds. The molecule has 0 aliphatic rings. The molecule has 78 valence electrons. The van der Waals surface area contributed by atoms with Gasteiger partial charge >= 0.3 is 0 Å². The highest BCUT2D eigenvalue weighted by Crippen LogP contribution is 2.08. The van der Waals surface area contributed by atoms with Crippen LogP contribution in [0.5, 0.6) is 0 Å². The molecule has 1 nitrogen and oxygen atoms in total. The summed E-state index contributed by atoms with van der Waals surface area (Å²) >= 11 is 1.84. The Morgan fingerprint density at radius 1 is 1.64 bits per heavy atom. The third kappa shape index (κ3) is 4.58. The van der Waals surface area contributed by atoms with Crippen LogP contribution < -0.4 is 5.32 Å². The second kappa shape index (κ2) is 6.80. The van der Waals surface area contributed by atoms with Gasteiger partial charge in [0, 0.05) is 17.5 Å². The molecule has 0 fully saturated rings. The van der Waals surface area contributed by atoms with E-state index < -0.39 is 0 Å². The maximum Gasteiger partial charge on any atom is 0.00578 e. The van der Waals surface area contributed by atoms with Crippen molar-refractivity contribution in [2.75, 3.05) is 6.54 Å². The van der Waals surface area contributed by atoms with Crippen LogP contribution in [-0.2, 0) is 6.42 Å². The second-order valence-electron chi connectivity index (χ2n) is 3.55. The van der Waals surface area contributed by atoms with Crippen molar-refractivity contribution < 1.29 is 0 Å². The molecule has 0 spiro atoms. The average molecular weight is 209 g/mol. The molecule has 14 heavy (non-hydrogen) atoms. The first-order chi connectivity index (χ1) is 6.83. The standard InChI is InChI=1S/C12H19NS/c1-3-4-6-11(2)13-9-8-12-7-5-10-14-12/h3,5,7,10-11,13H,1,4,6,8-9H2,2H3. The molecule has 1 rings (SSSR count). The van der Waals surface area contributed by atoms with Gasteiger partial charge in [0.05, 0.1) is 0 Å². The van der Waals surface area contributed by atoms with Gasteiger partial charge in [-0.2, -0.15) is 0 Å². The van der Waals surface area contributed by atoms with Crippen LogP contribution in [0.2, 0.25) is 0 Å². The lowest BCUT2D eigenvalue weighted by molar-refractivity contribution is 0.522. The fourth-order valence-corrected chi connectivity index (χ4v) is 2.08. The van der Waals surface area contributed by atoms with E-state index in [9.17, 15) is 0 Å². The summed E-state index contributed by atoms with van der Waals surface area (Å²) in [5, 5.41) is 5.65. The first-order valence-electron chi connectivity index (χ1n) is 5.19. The molecule has 2 heteroatoms. The Morgan fingerprint density at radius 3 is 3.14 bits per heavy atom. The second-order valence-corrected chi connectivity index (χ2v) is 4.58. The predicted octanol–water partition coefficient (Wildman–Crippen LogP) is 3.23. The highest BCUT2D eigenvalue weighted by atomic mass is 32.1. The van der Waals surface area contributed by atoms with Gasteiger partial charge < -0.3 is 5.32 Å². The molecule has 0 saturated carbocycles. The molecule has 1 heterocycles. The fraction of sp³-hybridized carbons (Fsp3) is 0.500. The molecule has 1 aromatic rings. The van der Waals surface area contributed by atoms with Crippen molar-refractivity contribution in [1.82, 2.24) is 5.32 Å². The van der Waals surface area contributed by atoms with E-state index in [1.807, 2.05) is 17.4 Å². The summed E-state index contributed by atoms with van der Waals surface area (Å²) in [4.78, 5) is 1.47. The number of hydrogen-bond acceptors (Lipinski definition) is 2. The maximum atomic E-state index is 3.73. The number of rotatable bonds is 7. The Kier molecular flexibility index (Phi) is 5.57. The van der Waals surface area contributed by atoms with E-state index in [2.05, 4.69) is 36.3 Å². The van der Waals surface area contributed by atoms with E-state index >= 15 is 0 Å². The van der Waals surface area contributed by atoms with Crippen molar-refractivity contribution in [2.24, 2.45) is 0 Å². The Bertz CT molecular complexity index is 241. The largest absolute Gasteiger partial charge is 0.314 e. The van der Waals surface area contributed by atoms with Crippen LogP contribution in [-0.4, -0.2) is 12.6 Å². The number of allylic oxidation sites excluding steroid dienone is 1. The molecular formula is C12H19NS. The third-order valence-corrected chi connectivity index (χ3v) is 3.18. The van der Waals surface area contributed by atoms with E-state index in [1.54, 1.807) is 0 Å². The molecule has 1 N–H and O–H groups in total. The first kappa shape index (κ1) is 11.5. The van der Waals surface area contributed by atoms with Crippen LogP contribution >= 0.6 is 11.3 Å². The Balaban J connectivity index is 2.06. The number of hydrogen-bond donors (Lipinski definition) is 1. The summed E-state index contributed by atoms with van der Waals surface area (Å²) in [6, 6.07) is 4.91. The van der Waals surface area contributed by atoms with Gasteiger partial charge in [0.25, 0.3) is 0 Å². The van der Waals surface area contributed by atoms with Crippen LogP contribution in [0.4, 0.5) is 0 Å². The van der Waals surface area contributed by atoms with Crippen molar-refractivity contribution in [3.8, 4) is 0 Å². The zero-order chi connectivity index (χ0) is 10.2.